The van der Waals surface area contributed by atoms with Crippen molar-refractivity contribution in [2.75, 3.05) is 26.2 Å². The Morgan fingerprint density at radius 1 is 1.21 bits per heavy atom. The molecule has 7 nitrogen and oxygen atoms in total. The number of aryl methyl sites for hydroxylation is 1. The largest absolute Gasteiger partial charge is 0.338 e. The second-order valence-electron chi connectivity index (χ2n) is 6.43. The van der Waals surface area contributed by atoms with E-state index < -0.39 is 0 Å². The third kappa shape index (κ3) is 3.79. The minimum Gasteiger partial charge on any atom is -0.338 e. The Kier molecular flexibility index (Phi) is 4.89. The minimum absolute atomic E-state index is 0.00163. The van der Waals surface area contributed by atoms with Crippen LogP contribution in [0.2, 0.25) is 0 Å². The molecule has 128 valence electrons. The highest BCUT2D eigenvalue weighted by atomic mass is 16.5. The van der Waals surface area contributed by atoms with Crippen LogP contribution in [0.3, 0.4) is 0 Å². The first-order valence-electron chi connectivity index (χ1n) is 8.30. The van der Waals surface area contributed by atoms with Gasteiger partial charge in [-0.05, 0) is 19.1 Å². The van der Waals surface area contributed by atoms with Gasteiger partial charge in [0.1, 0.15) is 5.69 Å². The van der Waals surface area contributed by atoms with Crippen molar-refractivity contribution in [2.45, 2.75) is 33.2 Å². The van der Waals surface area contributed by atoms with Crippen LogP contribution >= 0.6 is 0 Å². The molecule has 0 aromatic carbocycles. The monoisotopic (exact) mass is 329 g/mol. The maximum Gasteiger partial charge on any atom is 0.272 e. The van der Waals surface area contributed by atoms with Gasteiger partial charge in [0.2, 0.25) is 5.89 Å². The molecule has 1 amide bonds. The molecule has 1 aliphatic rings. The summed E-state index contributed by atoms with van der Waals surface area (Å²) in [4.78, 5) is 25.3. The molecule has 3 heterocycles. The van der Waals surface area contributed by atoms with Crippen LogP contribution in [0, 0.1) is 6.92 Å². The summed E-state index contributed by atoms with van der Waals surface area (Å²) in [5, 5.41) is 3.99. The fourth-order valence-electron chi connectivity index (χ4n) is 2.69. The average molecular weight is 329 g/mol. The van der Waals surface area contributed by atoms with Crippen molar-refractivity contribution >= 4 is 5.91 Å². The van der Waals surface area contributed by atoms with Crippen LogP contribution in [-0.2, 0) is 6.54 Å². The molecule has 1 saturated heterocycles. The summed E-state index contributed by atoms with van der Waals surface area (Å²) in [6.45, 7) is 9.54. The number of amides is 1. The van der Waals surface area contributed by atoms with Gasteiger partial charge in [-0.1, -0.05) is 25.1 Å². The highest BCUT2D eigenvalue weighted by Crippen LogP contribution is 2.13. The fourth-order valence-corrected chi connectivity index (χ4v) is 2.69. The highest BCUT2D eigenvalue weighted by molar-refractivity contribution is 5.92. The van der Waals surface area contributed by atoms with Crippen molar-refractivity contribution in [3.05, 3.63) is 41.3 Å². The Bertz CT molecular complexity index is 705. The number of pyridine rings is 1. The molecule has 0 saturated carbocycles. The lowest BCUT2D eigenvalue weighted by atomic mass is 10.2. The number of nitrogens with zero attached hydrogens (tertiary/aromatic N) is 5. The Balaban J connectivity index is 1.54. The number of rotatable bonds is 4. The van der Waals surface area contributed by atoms with Crippen LogP contribution in [-0.4, -0.2) is 57.0 Å². The molecule has 1 fully saturated rings. The summed E-state index contributed by atoms with van der Waals surface area (Å²) in [6.07, 6.45) is 0. The first-order valence-corrected chi connectivity index (χ1v) is 8.30. The van der Waals surface area contributed by atoms with E-state index in [0.717, 1.165) is 24.6 Å². The van der Waals surface area contributed by atoms with Gasteiger partial charge in [-0.25, -0.2) is 4.98 Å². The van der Waals surface area contributed by atoms with Crippen LogP contribution in [0.1, 0.15) is 47.7 Å². The van der Waals surface area contributed by atoms with E-state index in [1.165, 1.54) is 0 Å². The van der Waals surface area contributed by atoms with E-state index in [4.69, 9.17) is 4.52 Å². The molecule has 0 spiro atoms. The van der Waals surface area contributed by atoms with Gasteiger partial charge in [-0.3, -0.25) is 9.69 Å². The molecule has 24 heavy (non-hydrogen) atoms. The summed E-state index contributed by atoms with van der Waals surface area (Å²) in [7, 11) is 0. The lowest BCUT2D eigenvalue weighted by molar-refractivity contribution is 0.0609. The normalized spacial score (nSPS) is 15.9. The highest BCUT2D eigenvalue weighted by Gasteiger charge is 2.24. The Hall–Kier alpha value is -2.28. The van der Waals surface area contributed by atoms with Crippen LogP contribution in [0.15, 0.2) is 22.7 Å². The van der Waals surface area contributed by atoms with Gasteiger partial charge in [-0.15, -0.1) is 0 Å². The predicted octanol–water partition coefficient (Wildman–Crippen LogP) is 1.85. The van der Waals surface area contributed by atoms with Gasteiger partial charge in [0.25, 0.3) is 5.91 Å². The first kappa shape index (κ1) is 16.6. The molecule has 0 bridgehead atoms. The van der Waals surface area contributed by atoms with E-state index in [9.17, 15) is 4.79 Å². The van der Waals surface area contributed by atoms with Gasteiger partial charge < -0.3 is 9.42 Å². The SMILES string of the molecule is Cc1cccc(C(=O)N2CCN(Cc3nc(C(C)C)no3)CC2)n1. The van der Waals surface area contributed by atoms with E-state index in [0.29, 0.717) is 31.2 Å². The lowest BCUT2D eigenvalue weighted by Crippen LogP contribution is -2.48. The van der Waals surface area contributed by atoms with E-state index in [1.54, 1.807) is 6.07 Å². The van der Waals surface area contributed by atoms with Crippen molar-refractivity contribution in [1.29, 1.82) is 0 Å². The molecule has 0 atom stereocenters. The first-order chi connectivity index (χ1) is 11.5. The van der Waals surface area contributed by atoms with Crippen LogP contribution in [0.4, 0.5) is 0 Å². The van der Waals surface area contributed by atoms with Crippen LogP contribution in [0.25, 0.3) is 0 Å². The Morgan fingerprint density at radius 2 is 1.96 bits per heavy atom. The molecular weight excluding hydrogens is 306 g/mol. The van der Waals surface area contributed by atoms with Gasteiger partial charge in [0.15, 0.2) is 5.82 Å². The zero-order valence-electron chi connectivity index (χ0n) is 14.4. The average Bonchev–Trinajstić information content (AvgIpc) is 3.04. The van der Waals surface area contributed by atoms with E-state index in [1.807, 2.05) is 37.8 Å². The molecule has 0 unspecified atom stereocenters. The van der Waals surface area contributed by atoms with Gasteiger partial charge in [0, 0.05) is 37.8 Å². The maximum atomic E-state index is 12.5. The third-order valence-corrected chi connectivity index (χ3v) is 4.13. The van der Waals surface area contributed by atoms with Crippen LogP contribution in [0.5, 0.6) is 0 Å². The summed E-state index contributed by atoms with van der Waals surface area (Å²) < 4.78 is 5.29. The second kappa shape index (κ2) is 7.09. The maximum absolute atomic E-state index is 12.5. The Morgan fingerprint density at radius 3 is 2.58 bits per heavy atom. The third-order valence-electron chi connectivity index (χ3n) is 4.13. The zero-order chi connectivity index (χ0) is 17.1. The molecule has 3 rings (SSSR count). The quantitative estimate of drug-likeness (QED) is 0.852. The molecule has 7 heteroatoms. The van der Waals surface area contributed by atoms with Crippen molar-refractivity contribution in [1.82, 2.24) is 24.9 Å². The molecule has 0 N–H and O–H groups in total. The lowest BCUT2D eigenvalue weighted by Gasteiger charge is -2.33. The standard InChI is InChI=1S/C17H23N5O2/c1-12(2)16-19-15(24-20-16)11-21-7-9-22(10-8-21)17(23)14-6-4-5-13(3)18-14/h4-6,12H,7-11H2,1-3H3. The van der Waals surface area contributed by atoms with Gasteiger partial charge >= 0.3 is 0 Å². The number of hydrogen-bond donors (Lipinski definition) is 0. The number of piperazine rings is 1. The Labute approximate surface area is 141 Å². The number of hydrogen-bond acceptors (Lipinski definition) is 6. The summed E-state index contributed by atoms with van der Waals surface area (Å²) in [6, 6.07) is 5.53. The molecular formula is C17H23N5O2. The van der Waals surface area contributed by atoms with Crippen molar-refractivity contribution in [3.8, 4) is 0 Å². The zero-order valence-corrected chi connectivity index (χ0v) is 14.4. The molecule has 0 aliphatic carbocycles. The van der Waals surface area contributed by atoms with E-state index >= 15 is 0 Å². The second-order valence-corrected chi connectivity index (χ2v) is 6.43. The summed E-state index contributed by atoms with van der Waals surface area (Å²) in [5.74, 6) is 1.64. The topological polar surface area (TPSA) is 75.4 Å². The fraction of sp³-hybridized carbons (Fsp3) is 0.529. The minimum atomic E-state index is -0.00163. The molecule has 0 radical (unpaired) electrons. The van der Waals surface area contributed by atoms with Crippen molar-refractivity contribution < 1.29 is 9.32 Å². The van der Waals surface area contributed by atoms with Crippen LogP contribution < -0.4 is 0 Å². The van der Waals surface area contributed by atoms with Gasteiger partial charge in [-0.2, -0.15) is 4.98 Å². The molecule has 1 aliphatic heterocycles. The van der Waals surface area contributed by atoms with Crippen molar-refractivity contribution in [3.63, 3.8) is 0 Å². The number of aromatic nitrogens is 3. The molecule has 2 aromatic rings. The summed E-state index contributed by atoms with van der Waals surface area (Å²) >= 11 is 0. The predicted molar refractivity (Wildman–Crippen MR) is 88.5 cm³/mol. The smallest absolute Gasteiger partial charge is 0.272 e. The molecule has 2 aromatic heterocycles. The van der Waals surface area contributed by atoms with E-state index in [-0.39, 0.29) is 11.8 Å². The summed E-state index contributed by atoms with van der Waals surface area (Å²) in [5.41, 5.74) is 1.37. The van der Waals surface area contributed by atoms with Crippen molar-refractivity contribution in [2.24, 2.45) is 0 Å². The van der Waals surface area contributed by atoms with E-state index in [2.05, 4.69) is 20.0 Å². The van der Waals surface area contributed by atoms with Gasteiger partial charge in [0.05, 0.1) is 6.54 Å². The number of carbonyl (C=O) groups is 1. The number of carbonyl (C=O) groups excluding carboxylic acids is 1.